The van der Waals surface area contributed by atoms with E-state index in [1.165, 1.54) is 5.56 Å². The Bertz CT molecular complexity index is 509. The van der Waals surface area contributed by atoms with Crippen LogP contribution < -0.4 is 10.6 Å². The van der Waals surface area contributed by atoms with Crippen LogP contribution in [-0.4, -0.2) is 18.5 Å². The molecule has 1 unspecified atom stereocenters. The minimum atomic E-state index is -0.214. The van der Waals surface area contributed by atoms with E-state index in [2.05, 4.69) is 22.8 Å². The fraction of sp³-hybridized carbons (Fsp3) is 0.312. The third-order valence-corrected chi connectivity index (χ3v) is 3.12. The fourth-order valence-corrected chi connectivity index (χ4v) is 1.91. The van der Waals surface area contributed by atoms with Crippen LogP contribution in [0.25, 0.3) is 0 Å². The van der Waals surface area contributed by atoms with Crippen LogP contribution in [0, 0.1) is 0 Å². The second kappa shape index (κ2) is 7.50. The SMILES string of the molecule is CC(NCCc1ccccc1)C(=O)NCc1ccco1. The largest absolute Gasteiger partial charge is 0.467 e. The number of hydrogen-bond donors (Lipinski definition) is 2. The lowest BCUT2D eigenvalue weighted by Crippen LogP contribution is -2.42. The quantitative estimate of drug-likeness (QED) is 0.811. The van der Waals surface area contributed by atoms with E-state index >= 15 is 0 Å². The molecule has 0 saturated heterocycles. The van der Waals surface area contributed by atoms with E-state index in [9.17, 15) is 4.79 Å². The smallest absolute Gasteiger partial charge is 0.237 e. The maximum Gasteiger partial charge on any atom is 0.237 e. The van der Waals surface area contributed by atoms with Gasteiger partial charge in [-0.05, 0) is 37.6 Å². The molecule has 2 aromatic rings. The van der Waals surface area contributed by atoms with Gasteiger partial charge in [-0.25, -0.2) is 0 Å². The summed E-state index contributed by atoms with van der Waals surface area (Å²) in [5.74, 6) is 0.740. The van der Waals surface area contributed by atoms with Crippen molar-refractivity contribution in [1.29, 1.82) is 0 Å². The highest BCUT2D eigenvalue weighted by molar-refractivity contribution is 5.81. The molecule has 0 bridgehead atoms. The van der Waals surface area contributed by atoms with Crippen molar-refractivity contribution in [3.63, 3.8) is 0 Å². The fourth-order valence-electron chi connectivity index (χ4n) is 1.91. The molecule has 0 aliphatic carbocycles. The van der Waals surface area contributed by atoms with Gasteiger partial charge >= 0.3 is 0 Å². The van der Waals surface area contributed by atoms with Gasteiger partial charge in [0.05, 0.1) is 18.8 Å². The van der Waals surface area contributed by atoms with Gasteiger partial charge in [-0.15, -0.1) is 0 Å². The molecule has 0 fully saturated rings. The average molecular weight is 272 g/mol. The Kier molecular flexibility index (Phi) is 5.38. The van der Waals surface area contributed by atoms with Crippen molar-refractivity contribution in [2.45, 2.75) is 25.9 Å². The molecule has 0 saturated carbocycles. The van der Waals surface area contributed by atoms with Crippen molar-refractivity contribution in [1.82, 2.24) is 10.6 Å². The van der Waals surface area contributed by atoms with Gasteiger partial charge < -0.3 is 15.1 Å². The van der Waals surface area contributed by atoms with Gasteiger partial charge in [0, 0.05) is 0 Å². The van der Waals surface area contributed by atoms with Crippen molar-refractivity contribution < 1.29 is 9.21 Å². The Labute approximate surface area is 119 Å². The zero-order chi connectivity index (χ0) is 14.2. The van der Waals surface area contributed by atoms with Crippen LogP contribution in [-0.2, 0) is 17.8 Å². The van der Waals surface area contributed by atoms with Crippen molar-refractivity contribution >= 4 is 5.91 Å². The second-order valence-corrected chi connectivity index (χ2v) is 4.71. The summed E-state index contributed by atoms with van der Waals surface area (Å²) in [4.78, 5) is 11.9. The normalized spacial score (nSPS) is 12.1. The summed E-state index contributed by atoms with van der Waals surface area (Å²) in [5, 5.41) is 6.06. The molecule has 4 nitrogen and oxygen atoms in total. The monoisotopic (exact) mass is 272 g/mol. The highest BCUT2D eigenvalue weighted by atomic mass is 16.3. The standard InChI is InChI=1S/C16H20N2O2/c1-13(16(19)18-12-15-8-5-11-20-15)17-10-9-14-6-3-2-4-7-14/h2-8,11,13,17H,9-10,12H2,1H3,(H,18,19). The van der Waals surface area contributed by atoms with E-state index in [1.807, 2.05) is 37.3 Å². The summed E-state index contributed by atoms with van der Waals surface area (Å²) in [6.07, 6.45) is 2.51. The molecular formula is C16H20N2O2. The van der Waals surface area contributed by atoms with Crippen molar-refractivity contribution in [3.8, 4) is 0 Å². The van der Waals surface area contributed by atoms with Gasteiger partial charge in [-0.2, -0.15) is 0 Å². The first-order chi connectivity index (χ1) is 9.75. The number of carbonyl (C=O) groups excluding carboxylic acids is 1. The minimum absolute atomic E-state index is 0.0190. The van der Waals surface area contributed by atoms with Gasteiger partial charge in [0.1, 0.15) is 5.76 Å². The lowest BCUT2D eigenvalue weighted by Gasteiger charge is -2.13. The number of furan rings is 1. The predicted octanol–water partition coefficient (Wildman–Crippen LogP) is 2.12. The Morgan fingerprint density at radius 2 is 2.00 bits per heavy atom. The van der Waals surface area contributed by atoms with Crippen LogP contribution in [0.5, 0.6) is 0 Å². The highest BCUT2D eigenvalue weighted by Gasteiger charge is 2.11. The zero-order valence-corrected chi connectivity index (χ0v) is 11.6. The van der Waals surface area contributed by atoms with E-state index in [0.29, 0.717) is 6.54 Å². The molecule has 0 radical (unpaired) electrons. The lowest BCUT2D eigenvalue weighted by molar-refractivity contribution is -0.123. The molecule has 2 rings (SSSR count). The van der Waals surface area contributed by atoms with Crippen LogP contribution >= 0.6 is 0 Å². The average Bonchev–Trinajstić information content (AvgIpc) is 2.99. The summed E-state index contributed by atoms with van der Waals surface area (Å²) in [7, 11) is 0. The van der Waals surface area contributed by atoms with E-state index in [1.54, 1.807) is 6.26 Å². The number of carbonyl (C=O) groups is 1. The molecule has 20 heavy (non-hydrogen) atoms. The summed E-state index contributed by atoms with van der Waals surface area (Å²) in [6.45, 7) is 3.07. The van der Waals surface area contributed by atoms with E-state index in [4.69, 9.17) is 4.42 Å². The highest BCUT2D eigenvalue weighted by Crippen LogP contribution is 2.00. The second-order valence-electron chi connectivity index (χ2n) is 4.71. The van der Waals surface area contributed by atoms with Crippen molar-refractivity contribution in [2.24, 2.45) is 0 Å². The number of hydrogen-bond acceptors (Lipinski definition) is 3. The molecule has 0 spiro atoms. The van der Waals surface area contributed by atoms with E-state index in [0.717, 1.165) is 18.7 Å². The molecule has 1 aromatic carbocycles. The molecule has 4 heteroatoms. The molecule has 1 heterocycles. The van der Waals surface area contributed by atoms with Crippen LogP contribution in [0.4, 0.5) is 0 Å². The maximum atomic E-state index is 11.9. The van der Waals surface area contributed by atoms with Crippen LogP contribution in [0.15, 0.2) is 53.1 Å². The molecule has 2 N–H and O–H groups in total. The van der Waals surface area contributed by atoms with Gasteiger partial charge in [-0.1, -0.05) is 30.3 Å². The van der Waals surface area contributed by atoms with E-state index < -0.39 is 0 Å². The van der Waals surface area contributed by atoms with E-state index in [-0.39, 0.29) is 11.9 Å². The first-order valence-electron chi connectivity index (χ1n) is 6.83. The topological polar surface area (TPSA) is 54.3 Å². The Morgan fingerprint density at radius 3 is 2.70 bits per heavy atom. The minimum Gasteiger partial charge on any atom is -0.467 e. The van der Waals surface area contributed by atoms with Crippen LogP contribution in [0.1, 0.15) is 18.2 Å². The summed E-state index contributed by atoms with van der Waals surface area (Å²) < 4.78 is 5.17. The van der Waals surface area contributed by atoms with Gasteiger partial charge in [0.25, 0.3) is 0 Å². The molecule has 1 amide bonds. The predicted molar refractivity (Wildman–Crippen MR) is 78.2 cm³/mol. The molecule has 1 atom stereocenters. The summed E-state index contributed by atoms with van der Waals surface area (Å²) >= 11 is 0. The number of nitrogens with one attached hydrogen (secondary N) is 2. The van der Waals surface area contributed by atoms with Gasteiger partial charge in [-0.3, -0.25) is 4.79 Å². The molecular weight excluding hydrogens is 252 g/mol. The lowest BCUT2D eigenvalue weighted by atomic mass is 10.1. The number of benzene rings is 1. The molecule has 1 aromatic heterocycles. The maximum absolute atomic E-state index is 11.9. The van der Waals surface area contributed by atoms with Crippen LogP contribution in [0.3, 0.4) is 0 Å². The van der Waals surface area contributed by atoms with Crippen LogP contribution in [0.2, 0.25) is 0 Å². The number of amides is 1. The first kappa shape index (κ1) is 14.3. The Balaban J connectivity index is 1.66. The third-order valence-electron chi connectivity index (χ3n) is 3.12. The molecule has 0 aliphatic heterocycles. The zero-order valence-electron chi connectivity index (χ0n) is 11.6. The number of rotatable bonds is 7. The van der Waals surface area contributed by atoms with Crippen molar-refractivity contribution in [2.75, 3.05) is 6.54 Å². The third kappa shape index (κ3) is 4.55. The Morgan fingerprint density at radius 1 is 1.20 bits per heavy atom. The first-order valence-corrected chi connectivity index (χ1v) is 6.83. The Hall–Kier alpha value is -2.07. The summed E-state index contributed by atoms with van der Waals surface area (Å²) in [6, 6.07) is 13.7. The summed E-state index contributed by atoms with van der Waals surface area (Å²) in [5.41, 5.74) is 1.27. The molecule has 106 valence electrons. The molecule has 0 aliphatic rings. The van der Waals surface area contributed by atoms with Gasteiger partial charge in [0.2, 0.25) is 5.91 Å². The van der Waals surface area contributed by atoms with Crippen molar-refractivity contribution in [3.05, 3.63) is 60.1 Å². The van der Waals surface area contributed by atoms with Gasteiger partial charge in [0.15, 0.2) is 0 Å².